The minimum atomic E-state index is -0.194. The van der Waals surface area contributed by atoms with E-state index in [0.717, 1.165) is 24.5 Å². The zero-order valence-corrected chi connectivity index (χ0v) is 15.5. The average Bonchev–Trinajstić information content (AvgIpc) is 2.89. The average molecular weight is 348 g/mol. The summed E-state index contributed by atoms with van der Waals surface area (Å²) in [7, 11) is 0. The number of nitrogens with one attached hydrogen (secondary N) is 2. The zero-order chi connectivity index (χ0) is 18.1. The number of rotatable bonds is 7. The number of urea groups is 1. The van der Waals surface area contributed by atoms with Crippen LogP contribution in [0.25, 0.3) is 0 Å². The number of pyridine rings is 1. The highest BCUT2D eigenvalue weighted by Crippen LogP contribution is 2.18. The molecular formula is C19H32N4O2. The largest absolute Gasteiger partial charge is 0.396 e. The van der Waals surface area contributed by atoms with Crippen LogP contribution in [0.15, 0.2) is 18.3 Å². The summed E-state index contributed by atoms with van der Waals surface area (Å²) in [5.41, 5.74) is 1.05. The lowest BCUT2D eigenvalue weighted by Crippen LogP contribution is -2.44. The predicted molar refractivity (Wildman–Crippen MR) is 101 cm³/mol. The SMILES string of the molecule is CC(C)C(CCO)NC(=O)NCc1ccnc(N2CCCCCC2)c1. The quantitative estimate of drug-likeness (QED) is 0.708. The van der Waals surface area contributed by atoms with Crippen molar-refractivity contribution in [3.05, 3.63) is 23.9 Å². The summed E-state index contributed by atoms with van der Waals surface area (Å²) < 4.78 is 0. The summed E-state index contributed by atoms with van der Waals surface area (Å²) in [6.07, 6.45) is 7.41. The molecule has 1 aromatic rings. The lowest BCUT2D eigenvalue weighted by molar-refractivity contribution is 0.218. The first-order valence-electron chi connectivity index (χ1n) is 9.45. The molecule has 25 heavy (non-hydrogen) atoms. The van der Waals surface area contributed by atoms with Crippen molar-refractivity contribution in [1.29, 1.82) is 0 Å². The van der Waals surface area contributed by atoms with Gasteiger partial charge in [0.05, 0.1) is 0 Å². The summed E-state index contributed by atoms with van der Waals surface area (Å²) in [4.78, 5) is 18.9. The van der Waals surface area contributed by atoms with Gasteiger partial charge >= 0.3 is 6.03 Å². The Kier molecular flexibility index (Phi) is 7.98. The van der Waals surface area contributed by atoms with Crippen LogP contribution < -0.4 is 15.5 Å². The highest BCUT2D eigenvalue weighted by molar-refractivity contribution is 5.74. The van der Waals surface area contributed by atoms with E-state index in [-0.39, 0.29) is 24.6 Å². The van der Waals surface area contributed by atoms with E-state index >= 15 is 0 Å². The molecular weight excluding hydrogens is 316 g/mol. The number of hydrogen-bond acceptors (Lipinski definition) is 4. The predicted octanol–water partition coefficient (Wildman–Crippen LogP) is 2.67. The van der Waals surface area contributed by atoms with Crippen LogP contribution in [0.4, 0.5) is 10.6 Å². The molecule has 140 valence electrons. The Hall–Kier alpha value is -1.82. The molecule has 1 unspecified atom stereocenters. The number of aromatic nitrogens is 1. The van der Waals surface area contributed by atoms with Crippen molar-refractivity contribution < 1.29 is 9.90 Å². The first-order valence-corrected chi connectivity index (χ1v) is 9.45. The van der Waals surface area contributed by atoms with Gasteiger partial charge < -0.3 is 20.6 Å². The molecule has 0 radical (unpaired) electrons. The van der Waals surface area contributed by atoms with Crippen LogP contribution in [0.5, 0.6) is 0 Å². The Balaban J connectivity index is 1.87. The number of nitrogens with zero attached hydrogens (tertiary/aromatic N) is 2. The molecule has 1 aliphatic heterocycles. The monoisotopic (exact) mass is 348 g/mol. The minimum Gasteiger partial charge on any atom is -0.396 e. The van der Waals surface area contributed by atoms with Crippen molar-refractivity contribution in [2.75, 3.05) is 24.6 Å². The Morgan fingerprint density at radius 3 is 2.64 bits per heavy atom. The van der Waals surface area contributed by atoms with Crippen molar-refractivity contribution in [2.24, 2.45) is 5.92 Å². The van der Waals surface area contributed by atoms with Crippen LogP contribution in [0.1, 0.15) is 51.5 Å². The standard InChI is InChI=1S/C19H32N4O2/c1-15(2)17(8-12-24)22-19(25)21-14-16-7-9-20-18(13-16)23-10-5-3-4-6-11-23/h7,9,13,15,17,24H,3-6,8,10-12,14H2,1-2H3,(H2,21,22,25). The van der Waals surface area contributed by atoms with Gasteiger partial charge in [-0.3, -0.25) is 0 Å². The van der Waals surface area contributed by atoms with Crippen LogP contribution in [-0.4, -0.2) is 41.9 Å². The lowest BCUT2D eigenvalue weighted by Gasteiger charge is -2.23. The third-order valence-corrected chi connectivity index (χ3v) is 4.75. The van der Waals surface area contributed by atoms with Crippen LogP contribution in [-0.2, 0) is 6.54 Å². The smallest absolute Gasteiger partial charge is 0.315 e. The molecule has 0 bridgehead atoms. The number of carbonyl (C=O) groups is 1. The maximum absolute atomic E-state index is 12.1. The van der Waals surface area contributed by atoms with Gasteiger partial charge in [-0.15, -0.1) is 0 Å². The van der Waals surface area contributed by atoms with Gasteiger partial charge in [0.1, 0.15) is 5.82 Å². The molecule has 2 heterocycles. The number of anilines is 1. The molecule has 0 aliphatic carbocycles. The van der Waals surface area contributed by atoms with Crippen LogP contribution >= 0.6 is 0 Å². The van der Waals surface area contributed by atoms with E-state index in [4.69, 9.17) is 5.11 Å². The number of aliphatic hydroxyl groups excluding tert-OH is 1. The first kappa shape index (κ1) is 19.5. The normalized spacial score (nSPS) is 16.4. The fourth-order valence-electron chi connectivity index (χ4n) is 3.16. The Labute approximate surface area is 151 Å². The van der Waals surface area contributed by atoms with Gasteiger partial charge in [-0.05, 0) is 42.9 Å². The van der Waals surface area contributed by atoms with E-state index in [0.29, 0.717) is 13.0 Å². The maximum Gasteiger partial charge on any atom is 0.315 e. The summed E-state index contributed by atoms with van der Waals surface area (Å²) in [6, 6.07) is 3.80. The van der Waals surface area contributed by atoms with Gasteiger partial charge in [0, 0.05) is 38.5 Å². The third kappa shape index (κ3) is 6.53. The molecule has 6 heteroatoms. The molecule has 1 aliphatic rings. The summed E-state index contributed by atoms with van der Waals surface area (Å²) in [5, 5.41) is 14.9. The van der Waals surface area contributed by atoms with E-state index in [1.807, 2.05) is 26.1 Å². The fraction of sp³-hybridized carbons (Fsp3) is 0.684. The number of amides is 2. The van der Waals surface area contributed by atoms with Crippen molar-refractivity contribution in [2.45, 2.75) is 58.5 Å². The number of hydrogen-bond donors (Lipinski definition) is 3. The Morgan fingerprint density at radius 1 is 1.28 bits per heavy atom. The fourth-order valence-corrected chi connectivity index (χ4v) is 3.16. The van der Waals surface area contributed by atoms with Crippen LogP contribution in [0.3, 0.4) is 0 Å². The lowest BCUT2D eigenvalue weighted by atomic mass is 10.0. The van der Waals surface area contributed by atoms with Crippen LogP contribution in [0.2, 0.25) is 0 Å². The molecule has 1 atom stereocenters. The second-order valence-corrected chi connectivity index (χ2v) is 7.11. The highest BCUT2D eigenvalue weighted by Gasteiger charge is 2.15. The van der Waals surface area contributed by atoms with Gasteiger partial charge in [-0.2, -0.15) is 0 Å². The van der Waals surface area contributed by atoms with Gasteiger partial charge in [0.25, 0.3) is 0 Å². The summed E-state index contributed by atoms with van der Waals surface area (Å²) >= 11 is 0. The van der Waals surface area contributed by atoms with Gasteiger partial charge in [-0.25, -0.2) is 9.78 Å². The zero-order valence-electron chi connectivity index (χ0n) is 15.5. The molecule has 0 aromatic carbocycles. The molecule has 1 saturated heterocycles. The van der Waals surface area contributed by atoms with Gasteiger partial charge in [0.15, 0.2) is 0 Å². The molecule has 0 spiro atoms. The second-order valence-electron chi connectivity index (χ2n) is 7.11. The van der Waals surface area contributed by atoms with Gasteiger partial charge in [-0.1, -0.05) is 26.7 Å². The van der Waals surface area contributed by atoms with E-state index in [1.54, 1.807) is 0 Å². The molecule has 6 nitrogen and oxygen atoms in total. The number of carbonyl (C=O) groups excluding carboxylic acids is 1. The molecule has 1 aromatic heterocycles. The van der Waals surface area contributed by atoms with E-state index < -0.39 is 0 Å². The Bertz CT molecular complexity index is 528. The highest BCUT2D eigenvalue weighted by atomic mass is 16.3. The summed E-state index contributed by atoms with van der Waals surface area (Å²) in [5.74, 6) is 1.29. The molecule has 3 N–H and O–H groups in total. The molecule has 0 saturated carbocycles. The second kappa shape index (κ2) is 10.2. The maximum atomic E-state index is 12.1. The molecule has 2 amide bonds. The van der Waals surface area contributed by atoms with Crippen molar-refractivity contribution in [3.63, 3.8) is 0 Å². The van der Waals surface area contributed by atoms with E-state index in [9.17, 15) is 4.79 Å². The van der Waals surface area contributed by atoms with Gasteiger partial charge in [0.2, 0.25) is 0 Å². The van der Waals surface area contributed by atoms with Crippen molar-refractivity contribution in [3.8, 4) is 0 Å². The van der Waals surface area contributed by atoms with Crippen molar-refractivity contribution >= 4 is 11.8 Å². The van der Waals surface area contributed by atoms with E-state index in [2.05, 4.69) is 26.6 Å². The first-order chi connectivity index (χ1) is 12.1. The third-order valence-electron chi connectivity index (χ3n) is 4.75. The van der Waals surface area contributed by atoms with Crippen molar-refractivity contribution in [1.82, 2.24) is 15.6 Å². The topological polar surface area (TPSA) is 77.5 Å². The number of aliphatic hydroxyl groups is 1. The van der Waals surface area contributed by atoms with Crippen LogP contribution in [0, 0.1) is 5.92 Å². The van der Waals surface area contributed by atoms with E-state index in [1.165, 1.54) is 25.7 Å². The Morgan fingerprint density at radius 2 is 2.00 bits per heavy atom. The molecule has 2 rings (SSSR count). The summed E-state index contributed by atoms with van der Waals surface area (Å²) in [6.45, 7) is 6.74. The minimum absolute atomic E-state index is 0.0184. The molecule has 1 fully saturated rings.